The van der Waals surface area contributed by atoms with Gasteiger partial charge in [-0.1, -0.05) is 42.0 Å². The number of nitrogens with one attached hydrogen (secondary N) is 1. The maximum absolute atomic E-state index is 12.2. The number of carbonyl (C=O) groups is 1. The van der Waals surface area contributed by atoms with Crippen molar-refractivity contribution in [1.82, 2.24) is 5.32 Å². The summed E-state index contributed by atoms with van der Waals surface area (Å²) < 4.78 is 0. The molecule has 0 aliphatic heterocycles. The third kappa shape index (κ3) is 4.03. The number of benzene rings is 2. The van der Waals surface area contributed by atoms with E-state index < -0.39 is 0 Å². The molecule has 5 heteroatoms. The van der Waals surface area contributed by atoms with E-state index in [0.717, 1.165) is 16.7 Å². The molecule has 0 fully saturated rings. The second kappa shape index (κ2) is 6.70. The van der Waals surface area contributed by atoms with E-state index in [9.17, 15) is 4.79 Å². The summed E-state index contributed by atoms with van der Waals surface area (Å²) in [6.45, 7) is 2.27. The highest BCUT2D eigenvalue weighted by Crippen LogP contribution is 2.15. The third-order valence-corrected chi connectivity index (χ3v) is 3.57. The Morgan fingerprint density at radius 1 is 1.29 bits per heavy atom. The van der Waals surface area contributed by atoms with Gasteiger partial charge in [0.05, 0.1) is 0 Å². The Hall–Kier alpha value is -1.91. The second-order valence-electron chi connectivity index (χ2n) is 4.71. The Kier molecular flexibility index (Phi) is 4.94. The molecular formula is C16H15ClN2OS. The van der Waals surface area contributed by atoms with Crippen LogP contribution < -0.4 is 11.1 Å². The van der Waals surface area contributed by atoms with E-state index in [1.165, 1.54) is 0 Å². The summed E-state index contributed by atoms with van der Waals surface area (Å²) in [5.74, 6) is -0.134. The SMILES string of the molecule is Cc1cc(Cl)ccc1C(=O)NCc1cccc(C(N)=S)c1. The first kappa shape index (κ1) is 15.5. The molecule has 0 aromatic heterocycles. The first-order valence-corrected chi connectivity index (χ1v) is 7.19. The van der Waals surface area contributed by atoms with Gasteiger partial charge in [0.1, 0.15) is 4.99 Å². The van der Waals surface area contributed by atoms with E-state index in [2.05, 4.69) is 5.32 Å². The van der Waals surface area contributed by atoms with Gasteiger partial charge in [0, 0.05) is 22.7 Å². The van der Waals surface area contributed by atoms with Crippen LogP contribution in [0.3, 0.4) is 0 Å². The summed E-state index contributed by atoms with van der Waals surface area (Å²) in [5, 5.41) is 3.49. The number of nitrogens with two attached hydrogens (primary N) is 1. The molecule has 0 bridgehead atoms. The van der Waals surface area contributed by atoms with E-state index in [-0.39, 0.29) is 5.91 Å². The Morgan fingerprint density at radius 3 is 2.71 bits per heavy atom. The summed E-state index contributed by atoms with van der Waals surface area (Å²) in [5.41, 5.74) is 8.79. The Bertz CT molecular complexity index is 700. The van der Waals surface area contributed by atoms with Crippen LogP contribution in [0.15, 0.2) is 42.5 Å². The molecule has 0 saturated heterocycles. The van der Waals surface area contributed by atoms with E-state index in [1.54, 1.807) is 18.2 Å². The van der Waals surface area contributed by atoms with Crippen LogP contribution in [-0.2, 0) is 6.54 Å². The zero-order chi connectivity index (χ0) is 15.4. The molecule has 0 atom stereocenters. The first-order chi connectivity index (χ1) is 9.97. The molecule has 0 aliphatic carbocycles. The molecule has 21 heavy (non-hydrogen) atoms. The lowest BCUT2D eigenvalue weighted by Gasteiger charge is -2.09. The molecule has 2 rings (SSSR count). The monoisotopic (exact) mass is 318 g/mol. The number of rotatable bonds is 4. The van der Waals surface area contributed by atoms with Crippen molar-refractivity contribution in [3.05, 3.63) is 69.7 Å². The van der Waals surface area contributed by atoms with Gasteiger partial charge in [-0.2, -0.15) is 0 Å². The minimum absolute atomic E-state index is 0.134. The average molecular weight is 319 g/mol. The van der Waals surface area contributed by atoms with Crippen molar-refractivity contribution in [3.8, 4) is 0 Å². The Morgan fingerprint density at radius 2 is 2.05 bits per heavy atom. The molecule has 0 spiro atoms. The normalized spacial score (nSPS) is 10.2. The van der Waals surface area contributed by atoms with E-state index >= 15 is 0 Å². The molecule has 0 aliphatic rings. The molecule has 0 unspecified atom stereocenters. The highest BCUT2D eigenvalue weighted by atomic mass is 35.5. The molecule has 0 heterocycles. The van der Waals surface area contributed by atoms with Crippen molar-refractivity contribution in [1.29, 1.82) is 0 Å². The minimum Gasteiger partial charge on any atom is -0.389 e. The van der Waals surface area contributed by atoms with E-state index in [0.29, 0.717) is 22.1 Å². The Labute approximate surface area is 134 Å². The van der Waals surface area contributed by atoms with Crippen LogP contribution in [0.25, 0.3) is 0 Å². The maximum atomic E-state index is 12.2. The van der Waals surface area contributed by atoms with Gasteiger partial charge >= 0.3 is 0 Å². The molecule has 108 valence electrons. The van der Waals surface area contributed by atoms with Gasteiger partial charge in [-0.3, -0.25) is 4.79 Å². The summed E-state index contributed by atoms with van der Waals surface area (Å²) in [7, 11) is 0. The fraction of sp³-hybridized carbons (Fsp3) is 0.125. The summed E-state index contributed by atoms with van der Waals surface area (Å²) in [6, 6.07) is 12.7. The quantitative estimate of drug-likeness (QED) is 0.851. The van der Waals surface area contributed by atoms with E-state index in [1.807, 2.05) is 31.2 Å². The van der Waals surface area contributed by atoms with Gasteiger partial charge < -0.3 is 11.1 Å². The van der Waals surface area contributed by atoms with Crippen molar-refractivity contribution in [2.75, 3.05) is 0 Å². The number of thiocarbonyl (C=S) groups is 1. The van der Waals surface area contributed by atoms with Crippen molar-refractivity contribution in [2.45, 2.75) is 13.5 Å². The molecule has 0 saturated carbocycles. The summed E-state index contributed by atoms with van der Waals surface area (Å²) >= 11 is 10.8. The Balaban J connectivity index is 2.07. The number of hydrogen-bond donors (Lipinski definition) is 2. The lowest BCUT2D eigenvalue weighted by Crippen LogP contribution is -2.23. The van der Waals surface area contributed by atoms with Crippen molar-refractivity contribution in [3.63, 3.8) is 0 Å². The van der Waals surface area contributed by atoms with Crippen molar-refractivity contribution < 1.29 is 4.79 Å². The smallest absolute Gasteiger partial charge is 0.251 e. The minimum atomic E-state index is -0.134. The molecule has 3 nitrogen and oxygen atoms in total. The number of carbonyl (C=O) groups excluding carboxylic acids is 1. The third-order valence-electron chi connectivity index (χ3n) is 3.10. The van der Waals surface area contributed by atoms with Gasteiger partial charge in [0.25, 0.3) is 5.91 Å². The van der Waals surface area contributed by atoms with Crippen LogP contribution in [0, 0.1) is 6.92 Å². The highest BCUT2D eigenvalue weighted by molar-refractivity contribution is 7.80. The van der Waals surface area contributed by atoms with Crippen LogP contribution in [0.5, 0.6) is 0 Å². The predicted molar refractivity (Wildman–Crippen MR) is 89.7 cm³/mol. The van der Waals surface area contributed by atoms with E-state index in [4.69, 9.17) is 29.6 Å². The van der Waals surface area contributed by atoms with Crippen molar-refractivity contribution >= 4 is 34.7 Å². The topological polar surface area (TPSA) is 55.1 Å². The number of hydrogen-bond acceptors (Lipinski definition) is 2. The fourth-order valence-electron chi connectivity index (χ4n) is 1.99. The molecule has 0 radical (unpaired) electrons. The predicted octanol–water partition coefficient (Wildman–Crippen LogP) is 3.21. The van der Waals surface area contributed by atoms with Gasteiger partial charge in [-0.25, -0.2) is 0 Å². The maximum Gasteiger partial charge on any atom is 0.251 e. The fourth-order valence-corrected chi connectivity index (χ4v) is 2.35. The average Bonchev–Trinajstić information content (AvgIpc) is 2.45. The van der Waals surface area contributed by atoms with Crippen LogP contribution in [-0.4, -0.2) is 10.9 Å². The molecule has 3 N–H and O–H groups in total. The first-order valence-electron chi connectivity index (χ1n) is 6.40. The highest BCUT2D eigenvalue weighted by Gasteiger charge is 2.09. The standard InChI is InChI=1S/C16H15ClN2OS/c1-10-7-13(17)5-6-14(10)16(20)19-9-11-3-2-4-12(8-11)15(18)21/h2-8H,9H2,1H3,(H2,18,21)(H,19,20). The summed E-state index contributed by atoms with van der Waals surface area (Å²) in [4.78, 5) is 12.5. The second-order valence-corrected chi connectivity index (χ2v) is 5.58. The molecule has 2 aromatic rings. The van der Waals surface area contributed by atoms with Gasteiger partial charge in [0.15, 0.2) is 0 Å². The number of amides is 1. The summed E-state index contributed by atoms with van der Waals surface area (Å²) in [6.07, 6.45) is 0. The number of aryl methyl sites for hydroxylation is 1. The zero-order valence-electron chi connectivity index (χ0n) is 11.5. The lowest BCUT2D eigenvalue weighted by atomic mass is 10.1. The lowest BCUT2D eigenvalue weighted by molar-refractivity contribution is 0.0950. The van der Waals surface area contributed by atoms with Crippen LogP contribution in [0.1, 0.15) is 27.0 Å². The van der Waals surface area contributed by atoms with Crippen LogP contribution in [0.2, 0.25) is 5.02 Å². The molecule has 2 aromatic carbocycles. The van der Waals surface area contributed by atoms with Crippen molar-refractivity contribution in [2.24, 2.45) is 5.73 Å². The van der Waals surface area contributed by atoms with Gasteiger partial charge in [-0.15, -0.1) is 0 Å². The number of halogens is 1. The zero-order valence-corrected chi connectivity index (χ0v) is 13.1. The van der Waals surface area contributed by atoms with Crippen LogP contribution >= 0.6 is 23.8 Å². The molecule has 1 amide bonds. The van der Waals surface area contributed by atoms with Crippen LogP contribution in [0.4, 0.5) is 0 Å². The van der Waals surface area contributed by atoms with Gasteiger partial charge in [-0.05, 0) is 42.3 Å². The largest absolute Gasteiger partial charge is 0.389 e. The molecular weight excluding hydrogens is 304 g/mol. The van der Waals surface area contributed by atoms with Gasteiger partial charge in [0.2, 0.25) is 0 Å².